The standard InChI is InChI=1S/C29H31N3O4S/c1-3-37(35,36)26-11-6-20(7-12-26)27(18-33)31-29(34)22-8-13-28-23(15-22)17-25(32(28)24-9-10-24)16-21-5-4-14-30-19(21)2/h4-8,11-15,17,24,27,33H,3,9-10,16,18H2,1-2H3,(H,31,34)/t27-/m0/s1/i1D3,3D2. The molecule has 0 saturated heterocycles. The van der Waals surface area contributed by atoms with Crippen LogP contribution in [0.25, 0.3) is 10.9 Å². The minimum absolute atomic E-state index is 0.370. The van der Waals surface area contributed by atoms with Crippen molar-refractivity contribution in [3.05, 3.63) is 94.9 Å². The van der Waals surface area contributed by atoms with E-state index in [1.165, 1.54) is 12.1 Å². The average molecular weight is 523 g/mol. The number of carbonyl (C=O) groups excluding carboxylic acids is 1. The number of nitrogens with zero attached hydrogens (tertiary/aromatic N) is 2. The second-order valence-corrected chi connectivity index (χ2v) is 11.0. The summed E-state index contributed by atoms with van der Waals surface area (Å²) >= 11 is 0. The van der Waals surface area contributed by atoms with Gasteiger partial charge in [-0.15, -0.1) is 0 Å². The van der Waals surface area contributed by atoms with Crippen molar-refractivity contribution in [3.8, 4) is 0 Å². The Morgan fingerprint density at radius 1 is 1.22 bits per heavy atom. The summed E-state index contributed by atoms with van der Waals surface area (Å²) < 4.78 is 64.8. The van der Waals surface area contributed by atoms with Crippen LogP contribution in [-0.2, 0) is 16.3 Å². The molecule has 2 heterocycles. The van der Waals surface area contributed by atoms with Crippen molar-refractivity contribution in [1.29, 1.82) is 0 Å². The number of hydrogen-bond acceptors (Lipinski definition) is 5. The van der Waals surface area contributed by atoms with E-state index in [1.807, 2.05) is 25.1 Å². The molecular weight excluding hydrogens is 486 g/mol. The normalized spacial score (nSPS) is 17.3. The Balaban J connectivity index is 1.37. The zero-order valence-corrected chi connectivity index (χ0v) is 21.1. The fourth-order valence-electron chi connectivity index (χ4n) is 4.65. The molecule has 1 aliphatic rings. The fraction of sp³-hybridized carbons (Fsp3) is 0.310. The first kappa shape index (κ1) is 19.6. The van der Waals surface area contributed by atoms with Crippen molar-refractivity contribution in [2.75, 3.05) is 12.3 Å². The number of carbonyl (C=O) groups is 1. The van der Waals surface area contributed by atoms with Crippen LogP contribution in [0.4, 0.5) is 0 Å². The third-order valence-electron chi connectivity index (χ3n) is 6.80. The quantitative estimate of drug-likeness (QED) is 0.336. The van der Waals surface area contributed by atoms with E-state index >= 15 is 0 Å². The van der Waals surface area contributed by atoms with Crippen LogP contribution in [0.1, 0.15) is 71.5 Å². The van der Waals surface area contributed by atoms with Gasteiger partial charge in [0, 0.05) is 53.4 Å². The highest BCUT2D eigenvalue weighted by molar-refractivity contribution is 7.91. The molecule has 0 radical (unpaired) electrons. The van der Waals surface area contributed by atoms with Gasteiger partial charge >= 0.3 is 0 Å². The molecule has 0 bridgehead atoms. The van der Waals surface area contributed by atoms with Crippen molar-refractivity contribution in [3.63, 3.8) is 0 Å². The molecule has 1 amide bonds. The number of aryl methyl sites for hydroxylation is 1. The zero-order chi connectivity index (χ0) is 30.4. The summed E-state index contributed by atoms with van der Waals surface area (Å²) in [5.41, 5.74) is 1.57. The van der Waals surface area contributed by atoms with Gasteiger partial charge in [-0.25, -0.2) is 8.42 Å². The predicted molar refractivity (Wildman–Crippen MR) is 143 cm³/mol. The van der Waals surface area contributed by atoms with Crippen LogP contribution in [0.5, 0.6) is 0 Å². The van der Waals surface area contributed by atoms with Crippen molar-refractivity contribution in [1.82, 2.24) is 14.9 Å². The number of nitrogens with one attached hydrogen (secondary N) is 1. The first-order valence-electron chi connectivity index (χ1n) is 14.6. The van der Waals surface area contributed by atoms with Gasteiger partial charge in [0.15, 0.2) is 9.84 Å². The van der Waals surface area contributed by atoms with Gasteiger partial charge in [0.2, 0.25) is 0 Å². The summed E-state index contributed by atoms with van der Waals surface area (Å²) in [5, 5.41) is 13.7. The van der Waals surface area contributed by atoms with E-state index in [0.717, 1.165) is 59.2 Å². The Hall–Kier alpha value is -3.49. The highest BCUT2D eigenvalue weighted by Gasteiger charge is 2.28. The number of benzene rings is 2. The molecule has 2 aromatic heterocycles. The van der Waals surface area contributed by atoms with Crippen molar-refractivity contribution in [2.45, 2.75) is 50.0 Å². The second-order valence-electron chi connectivity index (χ2n) is 9.32. The van der Waals surface area contributed by atoms with E-state index < -0.39 is 45.8 Å². The summed E-state index contributed by atoms with van der Waals surface area (Å²) in [6.07, 6.45) is 4.70. The molecule has 1 fully saturated rings. The maximum atomic E-state index is 13.2. The summed E-state index contributed by atoms with van der Waals surface area (Å²) in [4.78, 5) is 17.1. The van der Waals surface area contributed by atoms with Crippen molar-refractivity contribution < 1.29 is 25.2 Å². The Labute approximate surface area is 224 Å². The number of fused-ring (bicyclic) bond motifs is 1. The van der Waals surface area contributed by atoms with Gasteiger partial charge in [0.1, 0.15) is 0 Å². The number of sulfone groups is 1. The molecule has 0 unspecified atom stereocenters. The van der Waals surface area contributed by atoms with E-state index in [1.54, 1.807) is 12.3 Å². The maximum Gasteiger partial charge on any atom is 0.251 e. The van der Waals surface area contributed by atoms with Crippen LogP contribution < -0.4 is 5.32 Å². The fourth-order valence-corrected chi connectivity index (χ4v) is 5.26. The number of aliphatic hydroxyl groups is 1. The highest BCUT2D eigenvalue weighted by Crippen LogP contribution is 2.40. The van der Waals surface area contributed by atoms with Crippen molar-refractivity contribution >= 4 is 26.6 Å². The maximum absolute atomic E-state index is 13.2. The molecule has 2 N–H and O–H groups in total. The Bertz CT molecular complexity index is 1750. The predicted octanol–water partition coefficient (Wildman–Crippen LogP) is 4.53. The summed E-state index contributed by atoms with van der Waals surface area (Å²) in [7, 11) is -4.84. The number of amides is 1. The third-order valence-corrected chi connectivity index (χ3v) is 7.96. The lowest BCUT2D eigenvalue weighted by Crippen LogP contribution is -2.30. The van der Waals surface area contributed by atoms with Crippen molar-refractivity contribution in [2.24, 2.45) is 0 Å². The summed E-state index contributed by atoms with van der Waals surface area (Å²) in [6, 6.07) is 15.9. The molecule has 1 aliphatic carbocycles. The number of aliphatic hydroxyl groups excluding tert-OH is 1. The second kappa shape index (κ2) is 10.1. The van der Waals surface area contributed by atoms with Gasteiger partial charge in [-0.3, -0.25) is 9.78 Å². The molecule has 0 aliphatic heterocycles. The molecule has 0 spiro atoms. The van der Waals surface area contributed by atoms with E-state index in [-0.39, 0.29) is 0 Å². The van der Waals surface area contributed by atoms with Crippen LogP contribution in [0.2, 0.25) is 0 Å². The number of aromatic nitrogens is 2. The minimum Gasteiger partial charge on any atom is -0.394 e. The summed E-state index contributed by atoms with van der Waals surface area (Å²) in [6.45, 7) is -1.88. The molecule has 4 aromatic rings. The van der Waals surface area contributed by atoms with Crippen LogP contribution in [0, 0.1) is 6.92 Å². The molecule has 1 atom stereocenters. The zero-order valence-electron chi connectivity index (χ0n) is 25.3. The van der Waals surface area contributed by atoms with Crippen LogP contribution in [0.3, 0.4) is 0 Å². The van der Waals surface area contributed by atoms with Gasteiger partial charge in [-0.1, -0.05) is 25.1 Å². The van der Waals surface area contributed by atoms with Crippen LogP contribution >= 0.6 is 0 Å². The highest BCUT2D eigenvalue weighted by atomic mass is 32.2. The molecule has 8 heteroatoms. The number of rotatable bonds is 9. The van der Waals surface area contributed by atoms with Gasteiger partial charge in [-0.05, 0) is 73.4 Å². The molecule has 192 valence electrons. The van der Waals surface area contributed by atoms with Gasteiger partial charge in [0.25, 0.3) is 5.91 Å². The molecular formula is C29H31N3O4S. The number of pyridine rings is 1. The lowest BCUT2D eigenvalue weighted by atomic mass is 10.1. The lowest BCUT2D eigenvalue weighted by molar-refractivity contribution is 0.0916. The topological polar surface area (TPSA) is 101 Å². The van der Waals surface area contributed by atoms with Gasteiger partial charge in [0.05, 0.1) is 23.2 Å². The van der Waals surface area contributed by atoms with Crippen LogP contribution in [0.15, 0.2) is 71.8 Å². The van der Waals surface area contributed by atoms with E-state index in [2.05, 4.69) is 27.0 Å². The monoisotopic (exact) mass is 522 g/mol. The Morgan fingerprint density at radius 3 is 2.68 bits per heavy atom. The first-order valence-corrected chi connectivity index (χ1v) is 13.5. The minimum atomic E-state index is -4.84. The third kappa shape index (κ3) is 5.17. The lowest BCUT2D eigenvalue weighted by Gasteiger charge is -2.17. The van der Waals surface area contributed by atoms with E-state index in [0.29, 0.717) is 17.2 Å². The SMILES string of the molecule is [2H]C([2H])([2H])C([2H])([2H])S(=O)(=O)c1ccc([C@H](CO)NC(=O)c2ccc3c(c2)cc(Cc2cccnc2C)n3C2CC2)cc1. The Morgan fingerprint density at radius 2 is 2.00 bits per heavy atom. The molecule has 1 saturated carbocycles. The van der Waals surface area contributed by atoms with Gasteiger partial charge in [-0.2, -0.15) is 0 Å². The molecule has 5 rings (SSSR count). The molecule has 7 nitrogen and oxygen atoms in total. The average Bonchev–Trinajstić information content (AvgIpc) is 3.72. The number of hydrogen-bond donors (Lipinski definition) is 2. The summed E-state index contributed by atoms with van der Waals surface area (Å²) in [5.74, 6) is -0.435. The smallest absolute Gasteiger partial charge is 0.251 e. The Kier molecular flexibility index (Phi) is 5.35. The first-order chi connectivity index (χ1) is 19.7. The van der Waals surface area contributed by atoms with E-state index in [9.17, 15) is 18.3 Å². The molecule has 37 heavy (non-hydrogen) atoms. The van der Waals surface area contributed by atoms with Gasteiger partial charge < -0.3 is 15.0 Å². The largest absolute Gasteiger partial charge is 0.394 e. The molecule has 2 aromatic carbocycles. The van der Waals surface area contributed by atoms with E-state index in [4.69, 9.17) is 6.85 Å². The van der Waals surface area contributed by atoms with Crippen LogP contribution in [-0.4, -0.2) is 41.3 Å².